The molecule has 186 valence electrons. The van der Waals surface area contributed by atoms with Crippen LogP contribution in [0.1, 0.15) is 30.7 Å². The quantitative estimate of drug-likeness (QED) is 0.203. The van der Waals surface area contributed by atoms with E-state index in [1.807, 2.05) is 12.1 Å². The summed E-state index contributed by atoms with van der Waals surface area (Å²) >= 11 is 1.13. The number of carbonyl (C=O) groups excluding carboxylic acids is 1. The zero-order chi connectivity index (χ0) is 25.5. The number of benzene rings is 2. The lowest BCUT2D eigenvalue weighted by Gasteiger charge is -2.13. The Morgan fingerprint density at radius 2 is 1.97 bits per heavy atom. The second-order valence-corrected chi connectivity index (χ2v) is 9.35. The smallest absolute Gasteiger partial charge is 0.267 e. The summed E-state index contributed by atoms with van der Waals surface area (Å²) in [6, 6.07) is 15.3. The van der Waals surface area contributed by atoms with Crippen LogP contribution in [0.25, 0.3) is 6.08 Å². The third-order valence-corrected chi connectivity index (χ3v) is 6.08. The molecule has 7 nitrogen and oxygen atoms in total. The molecule has 0 aliphatic carbocycles. The second-order valence-electron chi connectivity index (χ2n) is 8.35. The topological polar surface area (TPSA) is 76.6 Å². The number of amidine groups is 1. The van der Waals surface area contributed by atoms with Gasteiger partial charge in [-0.25, -0.2) is 4.39 Å². The summed E-state index contributed by atoms with van der Waals surface area (Å²) < 4.78 is 30.8. The first kappa shape index (κ1) is 25.2. The third kappa shape index (κ3) is 6.23. The monoisotopic (exact) mass is 507 g/mol. The van der Waals surface area contributed by atoms with Gasteiger partial charge in [0.05, 0.1) is 37.6 Å². The first-order valence-electron chi connectivity index (χ1n) is 11.3. The molecule has 2 aromatic carbocycles. The number of carbonyl (C=O) groups is 1. The van der Waals surface area contributed by atoms with E-state index in [4.69, 9.17) is 13.9 Å². The van der Waals surface area contributed by atoms with E-state index in [1.165, 1.54) is 23.3 Å². The largest absolute Gasteiger partial charge is 0.493 e. The molecule has 0 radical (unpaired) electrons. The van der Waals surface area contributed by atoms with Crippen LogP contribution in [0.4, 0.5) is 4.39 Å². The van der Waals surface area contributed by atoms with Gasteiger partial charge in [0.2, 0.25) is 0 Å². The number of methoxy groups -OCH3 is 1. The molecule has 1 aliphatic rings. The van der Waals surface area contributed by atoms with E-state index in [0.29, 0.717) is 45.4 Å². The fourth-order valence-electron chi connectivity index (χ4n) is 3.30. The van der Waals surface area contributed by atoms with Gasteiger partial charge in [0.1, 0.15) is 11.6 Å². The number of hydrogen-bond acceptors (Lipinski definition) is 7. The lowest BCUT2D eigenvalue weighted by molar-refractivity contribution is -0.122. The molecule has 2 heterocycles. The fourth-order valence-corrected chi connectivity index (χ4v) is 4.22. The molecule has 0 spiro atoms. The molecular formula is C27H26FN3O4S. The predicted octanol–water partition coefficient (Wildman–Crippen LogP) is 5.97. The van der Waals surface area contributed by atoms with Crippen molar-refractivity contribution in [2.24, 2.45) is 16.1 Å². The summed E-state index contributed by atoms with van der Waals surface area (Å²) in [4.78, 5) is 14.9. The van der Waals surface area contributed by atoms with E-state index >= 15 is 0 Å². The Morgan fingerprint density at radius 1 is 1.14 bits per heavy atom. The Hall–Kier alpha value is -3.85. The van der Waals surface area contributed by atoms with Gasteiger partial charge in [0, 0.05) is 5.56 Å². The van der Waals surface area contributed by atoms with Crippen LogP contribution >= 0.6 is 11.8 Å². The average Bonchev–Trinajstić information content (AvgIpc) is 3.48. The summed E-state index contributed by atoms with van der Waals surface area (Å²) in [5.41, 5.74) is 1.07. The fraction of sp³-hybridized carbons (Fsp3) is 0.222. The van der Waals surface area contributed by atoms with Crippen molar-refractivity contribution in [1.29, 1.82) is 0 Å². The van der Waals surface area contributed by atoms with Crippen LogP contribution in [0.2, 0.25) is 0 Å². The number of ether oxygens (including phenoxy) is 2. The molecule has 1 saturated heterocycles. The molecular weight excluding hydrogens is 481 g/mol. The minimum absolute atomic E-state index is 0.178. The molecule has 0 atom stereocenters. The first-order chi connectivity index (χ1) is 17.4. The Labute approximate surface area is 213 Å². The zero-order valence-electron chi connectivity index (χ0n) is 20.2. The summed E-state index contributed by atoms with van der Waals surface area (Å²) in [7, 11) is 1.58. The van der Waals surface area contributed by atoms with E-state index in [-0.39, 0.29) is 12.5 Å². The molecule has 1 aliphatic heterocycles. The van der Waals surface area contributed by atoms with E-state index < -0.39 is 5.82 Å². The van der Waals surface area contributed by atoms with Gasteiger partial charge in [-0.3, -0.25) is 9.69 Å². The van der Waals surface area contributed by atoms with E-state index in [0.717, 1.165) is 17.3 Å². The van der Waals surface area contributed by atoms with Crippen molar-refractivity contribution in [2.45, 2.75) is 20.4 Å². The summed E-state index contributed by atoms with van der Waals surface area (Å²) in [6.45, 7) is 4.91. The maximum atomic E-state index is 14.2. The van der Waals surface area contributed by atoms with E-state index in [9.17, 15) is 9.18 Å². The molecule has 0 N–H and O–H groups in total. The Kier molecular flexibility index (Phi) is 8.22. The van der Waals surface area contributed by atoms with Crippen LogP contribution in [-0.4, -0.2) is 35.9 Å². The van der Waals surface area contributed by atoms with Gasteiger partial charge in [-0.1, -0.05) is 32.0 Å². The molecule has 9 heteroatoms. The van der Waals surface area contributed by atoms with E-state index in [1.54, 1.807) is 49.7 Å². The highest BCUT2D eigenvalue weighted by Gasteiger charge is 2.34. The Morgan fingerprint density at radius 3 is 2.69 bits per heavy atom. The first-order valence-corrected chi connectivity index (χ1v) is 12.2. The minimum Gasteiger partial charge on any atom is -0.493 e. The van der Waals surface area contributed by atoms with Gasteiger partial charge in [0.25, 0.3) is 5.91 Å². The van der Waals surface area contributed by atoms with Crippen LogP contribution in [-0.2, 0) is 11.3 Å². The van der Waals surface area contributed by atoms with Crippen molar-refractivity contribution in [3.8, 4) is 11.5 Å². The lowest BCUT2D eigenvalue weighted by atomic mass is 10.2. The van der Waals surface area contributed by atoms with Crippen LogP contribution < -0.4 is 9.47 Å². The van der Waals surface area contributed by atoms with Gasteiger partial charge in [0.15, 0.2) is 16.7 Å². The van der Waals surface area contributed by atoms with Gasteiger partial charge in [-0.15, -0.1) is 5.10 Å². The number of hydrogen-bond donors (Lipinski definition) is 0. The number of rotatable bonds is 9. The van der Waals surface area contributed by atoms with Crippen LogP contribution in [0.15, 0.2) is 80.4 Å². The van der Waals surface area contributed by atoms with Gasteiger partial charge in [-0.05, 0) is 65.7 Å². The maximum absolute atomic E-state index is 14.2. The lowest BCUT2D eigenvalue weighted by Crippen LogP contribution is -2.28. The number of halogens is 1. The second kappa shape index (κ2) is 11.7. The standard InChI is InChI=1S/C27H26FN3O4S/c1-18(2)17-35-23-11-10-19(13-24(23)33-3)15-29-30-27-31(16-21-8-6-12-34-21)26(32)25(36-27)14-20-7-4-5-9-22(20)28/h4-15,18H,16-17H2,1-3H3/b25-14-,29-15+,30-27-. The molecule has 1 fully saturated rings. The third-order valence-electron chi connectivity index (χ3n) is 5.08. The van der Waals surface area contributed by atoms with E-state index in [2.05, 4.69) is 24.1 Å². The van der Waals surface area contributed by atoms with Gasteiger partial charge in [-0.2, -0.15) is 5.10 Å². The molecule has 36 heavy (non-hydrogen) atoms. The maximum Gasteiger partial charge on any atom is 0.267 e. The average molecular weight is 508 g/mol. The Balaban J connectivity index is 1.58. The van der Waals surface area contributed by atoms with Gasteiger partial charge < -0.3 is 13.9 Å². The van der Waals surface area contributed by atoms with Crippen molar-refractivity contribution < 1.29 is 23.1 Å². The van der Waals surface area contributed by atoms with Crippen LogP contribution in [0, 0.1) is 11.7 Å². The molecule has 1 aromatic heterocycles. The predicted molar refractivity (Wildman–Crippen MR) is 140 cm³/mol. The Bertz CT molecular complexity index is 1300. The van der Waals surface area contributed by atoms with Crippen molar-refractivity contribution in [2.75, 3.05) is 13.7 Å². The highest BCUT2D eigenvalue weighted by atomic mass is 32.2. The molecule has 0 saturated carbocycles. The summed E-state index contributed by atoms with van der Waals surface area (Å²) in [6.07, 6.45) is 4.62. The van der Waals surface area contributed by atoms with Crippen molar-refractivity contribution >= 4 is 35.1 Å². The highest BCUT2D eigenvalue weighted by molar-refractivity contribution is 8.18. The minimum atomic E-state index is -0.408. The number of thioether (sulfide) groups is 1. The molecule has 1 amide bonds. The van der Waals surface area contributed by atoms with Crippen molar-refractivity contribution in [1.82, 2.24) is 4.90 Å². The summed E-state index contributed by atoms with van der Waals surface area (Å²) in [5.74, 6) is 1.51. The SMILES string of the molecule is COc1cc(/C=N/N=C2\S/C(=C\c3ccccc3F)C(=O)N2Cc2ccco2)ccc1OCC(C)C. The number of furan rings is 1. The van der Waals surface area contributed by atoms with Gasteiger partial charge >= 0.3 is 0 Å². The van der Waals surface area contributed by atoms with Crippen LogP contribution in [0.3, 0.4) is 0 Å². The normalized spacial score (nSPS) is 16.1. The number of amides is 1. The number of nitrogens with zero attached hydrogens (tertiary/aromatic N) is 3. The molecule has 3 aromatic rings. The molecule has 0 unspecified atom stereocenters. The van der Waals surface area contributed by atoms with Crippen molar-refractivity contribution in [3.63, 3.8) is 0 Å². The molecule has 4 rings (SSSR count). The molecule has 0 bridgehead atoms. The summed E-state index contributed by atoms with van der Waals surface area (Å²) in [5, 5.41) is 8.84. The highest BCUT2D eigenvalue weighted by Crippen LogP contribution is 2.34. The zero-order valence-corrected chi connectivity index (χ0v) is 21.0. The van der Waals surface area contributed by atoms with Crippen molar-refractivity contribution in [3.05, 3.63) is 88.5 Å². The van der Waals surface area contributed by atoms with Crippen LogP contribution in [0.5, 0.6) is 11.5 Å².